The molecule has 0 unspecified atom stereocenters. The zero-order valence-electron chi connectivity index (χ0n) is 15.1. The number of carboxylic acid groups (broad SMARTS) is 1. The van der Waals surface area contributed by atoms with Gasteiger partial charge in [-0.25, -0.2) is 0 Å². The van der Waals surface area contributed by atoms with E-state index in [1.165, 1.54) is 32.0 Å². The van der Waals surface area contributed by atoms with Gasteiger partial charge in [-0.05, 0) is 32.0 Å². The highest BCUT2D eigenvalue weighted by atomic mass is 35.5. The van der Waals surface area contributed by atoms with E-state index in [4.69, 9.17) is 17.0 Å². The van der Waals surface area contributed by atoms with Crippen LogP contribution in [0.4, 0.5) is 5.69 Å². The van der Waals surface area contributed by atoms with Gasteiger partial charge in [0, 0.05) is 16.1 Å². The minimum absolute atomic E-state index is 0.111. The Morgan fingerprint density at radius 3 is 2.33 bits per heavy atom. The van der Waals surface area contributed by atoms with Crippen molar-refractivity contribution >= 4 is 34.9 Å². The van der Waals surface area contributed by atoms with E-state index in [1.807, 2.05) is 6.07 Å². The van der Waals surface area contributed by atoms with Gasteiger partial charge in [0.1, 0.15) is 6.54 Å². The van der Waals surface area contributed by atoms with E-state index in [1.54, 1.807) is 24.3 Å². The van der Waals surface area contributed by atoms with Gasteiger partial charge in [-0.15, -0.1) is 0 Å². The lowest BCUT2D eigenvalue weighted by Crippen LogP contribution is -2.40. The molecule has 0 aliphatic carbocycles. The van der Waals surface area contributed by atoms with Gasteiger partial charge in [-0.1, -0.05) is 41.9 Å². The average molecular weight is 389 g/mol. The Bertz CT molecular complexity index is 860. The normalized spacial score (nSPS) is 11.1. The molecule has 6 nitrogen and oxygen atoms in total. The van der Waals surface area contributed by atoms with Crippen molar-refractivity contribution in [2.45, 2.75) is 25.9 Å². The van der Waals surface area contributed by atoms with Gasteiger partial charge in [0.15, 0.2) is 0 Å². The van der Waals surface area contributed by atoms with Crippen molar-refractivity contribution in [3.63, 3.8) is 0 Å². The Labute approximate surface area is 162 Å². The van der Waals surface area contributed by atoms with Crippen LogP contribution in [0.2, 0.25) is 5.02 Å². The van der Waals surface area contributed by atoms with Crippen molar-refractivity contribution < 1.29 is 19.8 Å². The van der Waals surface area contributed by atoms with Gasteiger partial charge in [0.2, 0.25) is 5.91 Å². The van der Waals surface area contributed by atoms with Gasteiger partial charge in [0.25, 0.3) is 0 Å². The maximum Gasteiger partial charge on any atom is 0.323 e. The summed E-state index contributed by atoms with van der Waals surface area (Å²) in [7, 11) is 0. The first-order valence-electron chi connectivity index (χ1n) is 8.27. The van der Waals surface area contributed by atoms with E-state index in [0.717, 1.165) is 4.90 Å². The summed E-state index contributed by atoms with van der Waals surface area (Å²) in [6.45, 7) is 2.35. The molecule has 0 heterocycles. The van der Waals surface area contributed by atoms with E-state index in [-0.39, 0.29) is 17.8 Å². The Morgan fingerprint density at radius 1 is 1.15 bits per heavy atom. The molecule has 0 saturated carbocycles. The van der Waals surface area contributed by atoms with Gasteiger partial charge in [-0.3, -0.25) is 15.0 Å². The quantitative estimate of drug-likeness (QED) is 0.633. The van der Waals surface area contributed by atoms with E-state index >= 15 is 0 Å². The number of anilines is 1. The van der Waals surface area contributed by atoms with Crippen LogP contribution in [0, 0.1) is 5.41 Å². The van der Waals surface area contributed by atoms with Crippen molar-refractivity contribution in [3.05, 3.63) is 64.7 Å². The third kappa shape index (κ3) is 5.64. The van der Waals surface area contributed by atoms with Gasteiger partial charge >= 0.3 is 5.97 Å². The second kappa shape index (κ2) is 8.33. The number of carbonyl (C=O) groups is 2. The van der Waals surface area contributed by atoms with Crippen molar-refractivity contribution in [2.75, 3.05) is 11.4 Å². The molecule has 0 fully saturated rings. The second-order valence-corrected chi connectivity index (χ2v) is 7.20. The standard InChI is InChI=1S/C20H21ClN2O4/c1-20(2,27)11-17(24)23(12-18(25)26)16-9-8-14(21)10-15(16)19(22)13-6-4-3-5-7-13/h3-10,22,27H,11-12H2,1-2H3,(H,25,26). The molecule has 0 aliphatic heterocycles. The molecule has 3 N–H and O–H groups in total. The van der Waals surface area contributed by atoms with Crippen LogP contribution in [-0.4, -0.2) is 39.9 Å². The molecule has 0 radical (unpaired) electrons. The number of rotatable bonds is 7. The molecule has 27 heavy (non-hydrogen) atoms. The highest BCUT2D eigenvalue weighted by Crippen LogP contribution is 2.28. The van der Waals surface area contributed by atoms with Crippen LogP contribution in [-0.2, 0) is 9.59 Å². The van der Waals surface area contributed by atoms with Crippen molar-refractivity contribution in [3.8, 4) is 0 Å². The Morgan fingerprint density at radius 2 is 1.78 bits per heavy atom. The fourth-order valence-electron chi connectivity index (χ4n) is 2.61. The molecule has 0 bridgehead atoms. The number of halogens is 1. The number of aliphatic carboxylic acids is 1. The molecule has 142 valence electrons. The predicted octanol–water partition coefficient (Wildman–Crippen LogP) is 3.33. The van der Waals surface area contributed by atoms with E-state index in [9.17, 15) is 19.8 Å². The molecule has 0 aromatic heterocycles. The maximum absolute atomic E-state index is 12.7. The number of nitrogens with zero attached hydrogens (tertiary/aromatic N) is 1. The van der Waals surface area contributed by atoms with E-state index in [2.05, 4.69) is 0 Å². The van der Waals surface area contributed by atoms with Crippen LogP contribution in [0.5, 0.6) is 0 Å². The first-order chi connectivity index (χ1) is 12.6. The molecule has 0 spiro atoms. The smallest absolute Gasteiger partial charge is 0.323 e. The lowest BCUT2D eigenvalue weighted by atomic mass is 9.99. The fraction of sp³-hybridized carbons (Fsp3) is 0.250. The van der Waals surface area contributed by atoms with Crippen molar-refractivity contribution in [1.82, 2.24) is 0 Å². The van der Waals surface area contributed by atoms with Gasteiger partial charge in [0.05, 0.1) is 23.4 Å². The summed E-state index contributed by atoms with van der Waals surface area (Å²) < 4.78 is 0. The zero-order valence-corrected chi connectivity index (χ0v) is 15.8. The summed E-state index contributed by atoms with van der Waals surface area (Å²) in [6.07, 6.45) is -0.263. The largest absolute Gasteiger partial charge is 0.480 e. The number of hydrogen-bond donors (Lipinski definition) is 3. The highest BCUT2D eigenvalue weighted by molar-refractivity contribution is 6.31. The molecular weight excluding hydrogens is 368 g/mol. The van der Waals surface area contributed by atoms with E-state index < -0.39 is 24.0 Å². The molecular formula is C20H21ClN2O4. The summed E-state index contributed by atoms with van der Waals surface area (Å²) in [4.78, 5) is 25.1. The summed E-state index contributed by atoms with van der Waals surface area (Å²) in [6, 6.07) is 13.4. The van der Waals surface area contributed by atoms with Crippen molar-refractivity contribution in [1.29, 1.82) is 5.41 Å². The van der Waals surface area contributed by atoms with Crippen LogP contribution >= 0.6 is 11.6 Å². The van der Waals surface area contributed by atoms with Crippen LogP contribution < -0.4 is 4.90 Å². The Kier molecular flexibility index (Phi) is 6.36. The SMILES string of the molecule is CC(C)(O)CC(=O)N(CC(=O)O)c1ccc(Cl)cc1C(=N)c1ccccc1. The monoisotopic (exact) mass is 388 g/mol. The van der Waals surface area contributed by atoms with Crippen LogP contribution in [0.3, 0.4) is 0 Å². The molecule has 2 aromatic carbocycles. The minimum Gasteiger partial charge on any atom is -0.480 e. The first-order valence-corrected chi connectivity index (χ1v) is 8.65. The third-order valence-electron chi connectivity index (χ3n) is 3.76. The summed E-state index contributed by atoms with van der Waals surface area (Å²) in [5.74, 6) is -1.76. The number of amides is 1. The topological polar surface area (TPSA) is 102 Å². The van der Waals surface area contributed by atoms with E-state index in [0.29, 0.717) is 16.1 Å². The average Bonchev–Trinajstić information content (AvgIpc) is 2.58. The number of carbonyl (C=O) groups excluding carboxylic acids is 1. The molecule has 1 amide bonds. The van der Waals surface area contributed by atoms with Crippen LogP contribution in [0.1, 0.15) is 31.4 Å². The Hall–Kier alpha value is -2.70. The molecule has 0 aliphatic rings. The number of benzene rings is 2. The lowest BCUT2D eigenvalue weighted by Gasteiger charge is -2.27. The number of carboxylic acids is 1. The minimum atomic E-state index is -1.30. The van der Waals surface area contributed by atoms with Gasteiger partial charge in [-0.2, -0.15) is 0 Å². The fourth-order valence-corrected chi connectivity index (χ4v) is 2.78. The van der Waals surface area contributed by atoms with Crippen molar-refractivity contribution in [2.24, 2.45) is 0 Å². The molecule has 2 rings (SSSR count). The van der Waals surface area contributed by atoms with Crippen LogP contribution in [0.25, 0.3) is 0 Å². The molecule has 0 saturated heterocycles. The summed E-state index contributed by atoms with van der Waals surface area (Å²) in [5, 5.41) is 28.1. The highest BCUT2D eigenvalue weighted by Gasteiger charge is 2.27. The first kappa shape index (κ1) is 20.6. The van der Waals surface area contributed by atoms with Crippen LogP contribution in [0.15, 0.2) is 48.5 Å². The predicted molar refractivity (Wildman–Crippen MR) is 105 cm³/mol. The number of nitrogens with one attached hydrogen (secondary N) is 1. The number of hydrogen-bond acceptors (Lipinski definition) is 4. The second-order valence-electron chi connectivity index (χ2n) is 6.77. The number of aliphatic hydroxyl groups is 1. The lowest BCUT2D eigenvalue weighted by molar-refractivity contribution is -0.137. The molecule has 0 atom stereocenters. The zero-order chi connectivity index (χ0) is 20.2. The summed E-state index contributed by atoms with van der Waals surface area (Å²) in [5.41, 5.74) is 0.00242. The third-order valence-corrected chi connectivity index (χ3v) is 3.99. The molecule has 7 heteroatoms. The Balaban J connectivity index is 2.54. The molecule has 2 aromatic rings. The maximum atomic E-state index is 12.7. The summed E-state index contributed by atoms with van der Waals surface area (Å²) >= 11 is 6.09. The van der Waals surface area contributed by atoms with Gasteiger partial charge < -0.3 is 15.1 Å².